The van der Waals surface area contributed by atoms with Gasteiger partial charge in [0, 0.05) is 23.2 Å². The molecular weight excluding hydrogens is 287 g/mol. The average Bonchev–Trinajstić information content (AvgIpc) is 2.24. The van der Waals surface area contributed by atoms with Gasteiger partial charge in [-0.2, -0.15) is 13.2 Å². The molecule has 0 heterocycles. The van der Waals surface area contributed by atoms with Crippen molar-refractivity contribution in [1.29, 1.82) is 0 Å². The van der Waals surface area contributed by atoms with Gasteiger partial charge in [-0.05, 0) is 32.0 Å². The third-order valence-corrected chi connectivity index (χ3v) is 2.69. The molecule has 0 bridgehead atoms. The van der Waals surface area contributed by atoms with Crippen LogP contribution in [0.1, 0.15) is 36.2 Å². The van der Waals surface area contributed by atoms with Crippen LogP contribution in [0, 0.1) is 0 Å². The summed E-state index contributed by atoms with van der Waals surface area (Å²) in [4.78, 5) is 22.8. The molecule has 116 valence electrons. The van der Waals surface area contributed by atoms with Crippen LogP contribution in [0.5, 0.6) is 0 Å². The molecule has 8 heteroatoms. The van der Waals surface area contributed by atoms with E-state index in [4.69, 9.17) is 11.5 Å². The lowest BCUT2D eigenvalue weighted by Gasteiger charge is -2.25. The number of primary amides is 1. The molecule has 0 saturated heterocycles. The van der Waals surface area contributed by atoms with Crippen molar-refractivity contribution in [2.45, 2.75) is 32.0 Å². The van der Waals surface area contributed by atoms with Crippen molar-refractivity contribution in [1.82, 2.24) is 5.32 Å². The summed E-state index contributed by atoms with van der Waals surface area (Å²) in [6.07, 6.45) is -4.79. The molecule has 0 aliphatic carbocycles. The first-order valence-electron chi connectivity index (χ1n) is 6.00. The molecule has 0 radical (unpaired) electrons. The molecule has 0 aliphatic heterocycles. The van der Waals surface area contributed by atoms with E-state index in [0.717, 1.165) is 6.07 Å². The second-order valence-corrected chi connectivity index (χ2v) is 5.28. The molecule has 0 atom stereocenters. The van der Waals surface area contributed by atoms with Gasteiger partial charge in [0.05, 0.1) is 5.56 Å². The lowest BCUT2D eigenvalue weighted by Crippen LogP contribution is -2.46. The number of alkyl halides is 3. The predicted molar refractivity (Wildman–Crippen MR) is 71.2 cm³/mol. The lowest BCUT2D eigenvalue weighted by atomic mass is 9.99. The topological polar surface area (TPSA) is 98.2 Å². The summed E-state index contributed by atoms with van der Waals surface area (Å²) >= 11 is 0. The first kappa shape index (κ1) is 16.8. The molecule has 1 aromatic rings. The van der Waals surface area contributed by atoms with Crippen LogP contribution in [-0.2, 0) is 11.0 Å². The number of nitrogen functional groups attached to an aromatic ring is 1. The van der Waals surface area contributed by atoms with E-state index in [1.807, 2.05) is 0 Å². The Morgan fingerprint density at radius 2 is 1.81 bits per heavy atom. The summed E-state index contributed by atoms with van der Waals surface area (Å²) in [6, 6.07) is 2.87. The van der Waals surface area contributed by atoms with Crippen molar-refractivity contribution in [3.63, 3.8) is 0 Å². The Hall–Kier alpha value is -2.25. The Morgan fingerprint density at radius 1 is 1.24 bits per heavy atom. The highest BCUT2D eigenvalue weighted by molar-refractivity contribution is 5.95. The van der Waals surface area contributed by atoms with Crippen LogP contribution in [0.3, 0.4) is 0 Å². The zero-order chi connectivity index (χ0) is 16.4. The number of carbonyl (C=O) groups is 2. The number of halogens is 3. The first-order valence-corrected chi connectivity index (χ1v) is 6.00. The Kier molecular flexibility index (Phi) is 4.50. The minimum absolute atomic E-state index is 0.139. The third kappa shape index (κ3) is 4.66. The molecule has 5 nitrogen and oxygen atoms in total. The molecule has 0 spiro atoms. The summed E-state index contributed by atoms with van der Waals surface area (Å²) in [7, 11) is 0. The van der Waals surface area contributed by atoms with Crippen LogP contribution < -0.4 is 16.8 Å². The number of hydrogen-bond donors (Lipinski definition) is 3. The molecule has 0 aromatic heterocycles. The molecule has 0 fully saturated rings. The van der Waals surface area contributed by atoms with Gasteiger partial charge >= 0.3 is 6.18 Å². The summed E-state index contributed by atoms with van der Waals surface area (Å²) in [5, 5.41) is 2.45. The van der Waals surface area contributed by atoms with Crippen LogP contribution in [0.25, 0.3) is 0 Å². The number of carbonyl (C=O) groups excluding carboxylic acids is 2. The molecule has 21 heavy (non-hydrogen) atoms. The van der Waals surface area contributed by atoms with Gasteiger partial charge in [-0.25, -0.2) is 0 Å². The molecule has 0 unspecified atom stereocenters. The largest absolute Gasteiger partial charge is 0.418 e. The summed E-state index contributed by atoms with van der Waals surface area (Å²) in [5.41, 5.74) is 7.58. The number of rotatable bonds is 4. The molecule has 2 amide bonds. The van der Waals surface area contributed by atoms with E-state index in [1.54, 1.807) is 0 Å². The fourth-order valence-corrected chi connectivity index (χ4v) is 1.80. The molecule has 0 aliphatic rings. The maximum atomic E-state index is 12.7. The Balaban J connectivity index is 3.02. The van der Waals surface area contributed by atoms with Crippen molar-refractivity contribution < 1.29 is 22.8 Å². The number of amides is 2. The van der Waals surface area contributed by atoms with Gasteiger partial charge < -0.3 is 16.8 Å². The van der Waals surface area contributed by atoms with E-state index < -0.39 is 34.8 Å². The minimum atomic E-state index is -4.65. The highest BCUT2D eigenvalue weighted by atomic mass is 19.4. The van der Waals surface area contributed by atoms with Crippen molar-refractivity contribution in [2.24, 2.45) is 5.73 Å². The summed E-state index contributed by atoms with van der Waals surface area (Å²) in [5.74, 6) is -1.37. The second kappa shape index (κ2) is 5.63. The molecular formula is C13H16F3N3O2. The summed E-state index contributed by atoms with van der Waals surface area (Å²) < 4.78 is 38.2. The number of nitrogens with one attached hydrogen (secondary N) is 1. The van der Waals surface area contributed by atoms with Crippen LogP contribution in [0.15, 0.2) is 18.2 Å². The number of hydrogen-bond acceptors (Lipinski definition) is 3. The Bertz CT molecular complexity index is 568. The lowest BCUT2D eigenvalue weighted by molar-refractivity contribution is -0.136. The van der Waals surface area contributed by atoms with E-state index in [2.05, 4.69) is 5.32 Å². The zero-order valence-electron chi connectivity index (χ0n) is 11.5. The van der Waals surface area contributed by atoms with Gasteiger partial charge in [-0.3, -0.25) is 9.59 Å². The molecule has 1 rings (SSSR count). The van der Waals surface area contributed by atoms with Crippen molar-refractivity contribution in [3.8, 4) is 0 Å². The van der Waals surface area contributed by atoms with Crippen LogP contribution >= 0.6 is 0 Å². The van der Waals surface area contributed by atoms with E-state index >= 15 is 0 Å². The normalized spacial score (nSPS) is 12.0. The average molecular weight is 303 g/mol. The smallest absolute Gasteiger partial charge is 0.398 e. The van der Waals surface area contributed by atoms with Crippen LogP contribution in [0.2, 0.25) is 0 Å². The predicted octanol–water partition coefficient (Wildman–Crippen LogP) is 1.67. The van der Waals surface area contributed by atoms with Crippen LogP contribution in [-0.4, -0.2) is 17.4 Å². The Labute approximate surface area is 119 Å². The molecule has 5 N–H and O–H groups in total. The number of nitrogens with two attached hydrogens (primary N) is 2. The number of benzene rings is 1. The molecule has 1 aromatic carbocycles. The van der Waals surface area contributed by atoms with Gasteiger partial charge in [-0.1, -0.05) is 0 Å². The van der Waals surface area contributed by atoms with Gasteiger partial charge in [0.25, 0.3) is 5.91 Å². The first-order chi connectivity index (χ1) is 9.42. The highest BCUT2D eigenvalue weighted by Gasteiger charge is 2.34. The monoisotopic (exact) mass is 303 g/mol. The standard InChI is InChI=1S/C13H16F3N3O2/c1-12(2,6-10(18)20)19-11(21)7-3-4-9(17)8(5-7)13(14,15)16/h3-5H,6,17H2,1-2H3,(H2,18,20)(H,19,21). The van der Waals surface area contributed by atoms with E-state index in [9.17, 15) is 22.8 Å². The maximum absolute atomic E-state index is 12.7. The minimum Gasteiger partial charge on any atom is -0.398 e. The van der Waals surface area contributed by atoms with Crippen molar-refractivity contribution >= 4 is 17.5 Å². The van der Waals surface area contributed by atoms with E-state index in [1.165, 1.54) is 19.9 Å². The summed E-state index contributed by atoms with van der Waals surface area (Å²) in [6.45, 7) is 3.08. The quantitative estimate of drug-likeness (QED) is 0.738. The maximum Gasteiger partial charge on any atom is 0.418 e. The van der Waals surface area contributed by atoms with Crippen molar-refractivity contribution in [2.75, 3.05) is 5.73 Å². The van der Waals surface area contributed by atoms with Crippen molar-refractivity contribution in [3.05, 3.63) is 29.3 Å². The third-order valence-electron chi connectivity index (χ3n) is 2.69. The number of anilines is 1. The second-order valence-electron chi connectivity index (χ2n) is 5.28. The molecule has 0 saturated carbocycles. The van der Waals surface area contributed by atoms with Gasteiger partial charge in [0.1, 0.15) is 0 Å². The fourth-order valence-electron chi connectivity index (χ4n) is 1.80. The SMILES string of the molecule is CC(C)(CC(N)=O)NC(=O)c1ccc(N)c(C(F)(F)F)c1. The van der Waals surface area contributed by atoms with Gasteiger partial charge in [-0.15, -0.1) is 0 Å². The van der Waals surface area contributed by atoms with E-state index in [0.29, 0.717) is 6.07 Å². The van der Waals surface area contributed by atoms with Gasteiger partial charge in [0.15, 0.2) is 0 Å². The Morgan fingerprint density at radius 3 is 2.29 bits per heavy atom. The fraction of sp³-hybridized carbons (Fsp3) is 0.385. The van der Waals surface area contributed by atoms with E-state index in [-0.39, 0.29) is 12.0 Å². The van der Waals surface area contributed by atoms with Crippen LogP contribution in [0.4, 0.5) is 18.9 Å². The van der Waals surface area contributed by atoms with Gasteiger partial charge in [0.2, 0.25) is 5.91 Å². The highest BCUT2D eigenvalue weighted by Crippen LogP contribution is 2.34. The zero-order valence-corrected chi connectivity index (χ0v) is 11.5.